The lowest BCUT2D eigenvalue weighted by Gasteiger charge is -2.08. The summed E-state index contributed by atoms with van der Waals surface area (Å²) >= 11 is 0. The van der Waals surface area contributed by atoms with Gasteiger partial charge in [0, 0.05) is 12.4 Å². The molecule has 0 amide bonds. The van der Waals surface area contributed by atoms with Crippen LogP contribution in [0.5, 0.6) is 0 Å². The molecule has 1 rings (SSSR count). The van der Waals surface area contributed by atoms with Gasteiger partial charge >= 0.3 is 0 Å². The van der Waals surface area contributed by atoms with Gasteiger partial charge in [-0.15, -0.1) is 0 Å². The van der Waals surface area contributed by atoms with E-state index in [1.807, 2.05) is 0 Å². The quantitative estimate of drug-likeness (QED) is 0.799. The van der Waals surface area contributed by atoms with Crippen LogP contribution in [-0.2, 0) is 10.0 Å². The van der Waals surface area contributed by atoms with E-state index in [0.717, 1.165) is 0 Å². The fraction of sp³-hybridized carbons (Fsp3) is 0.250. The number of nitrogens with one attached hydrogen (secondary N) is 1. The molecule has 0 bridgehead atoms. The Morgan fingerprint density at radius 3 is 2.57 bits per heavy atom. The molecular formula is C8H9N3O2S. The maximum atomic E-state index is 11.4. The molecule has 0 saturated carbocycles. The van der Waals surface area contributed by atoms with E-state index in [1.165, 1.54) is 31.5 Å². The second-order valence-electron chi connectivity index (χ2n) is 2.65. The highest BCUT2D eigenvalue weighted by atomic mass is 32.2. The molecule has 1 N–H and O–H groups in total. The second kappa shape index (κ2) is 4.07. The molecule has 0 fully saturated rings. The van der Waals surface area contributed by atoms with E-state index in [-0.39, 0.29) is 0 Å². The molecule has 1 unspecified atom stereocenters. The third-order valence-electron chi connectivity index (χ3n) is 1.59. The van der Waals surface area contributed by atoms with E-state index in [4.69, 9.17) is 5.26 Å². The fourth-order valence-corrected chi connectivity index (χ4v) is 1.52. The van der Waals surface area contributed by atoms with E-state index >= 15 is 0 Å². The molecule has 6 heteroatoms. The van der Waals surface area contributed by atoms with Crippen molar-refractivity contribution in [3.63, 3.8) is 0 Å². The summed E-state index contributed by atoms with van der Waals surface area (Å²) in [5.41, 5.74) is 0.405. The first-order chi connectivity index (χ1) is 6.56. The molecule has 0 aliphatic heterocycles. The van der Waals surface area contributed by atoms with E-state index in [9.17, 15) is 8.42 Å². The van der Waals surface area contributed by atoms with Crippen LogP contribution in [0.25, 0.3) is 0 Å². The van der Waals surface area contributed by atoms with Crippen LogP contribution in [0.3, 0.4) is 0 Å². The van der Waals surface area contributed by atoms with Crippen molar-refractivity contribution in [1.29, 1.82) is 5.26 Å². The maximum Gasteiger partial charge on any atom is 0.248 e. The zero-order chi connectivity index (χ0) is 10.6. The third-order valence-corrected chi connectivity index (χ3v) is 3.14. The van der Waals surface area contributed by atoms with Gasteiger partial charge < -0.3 is 0 Å². The van der Waals surface area contributed by atoms with Gasteiger partial charge in [-0.1, -0.05) is 0 Å². The summed E-state index contributed by atoms with van der Waals surface area (Å²) in [6.45, 7) is 1.32. The maximum absolute atomic E-state index is 11.4. The van der Waals surface area contributed by atoms with Crippen molar-refractivity contribution in [3.05, 3.63) is 24.5 Å². The van der Waals surface area contributed by atoms with E-state index in [1.54, 1.807) is 6.07 Å². The molecule has 1 atom stereocenters. The number of nitrogens with zero attached hydrogens (tertiary/aromatic N) is 2. The van der Waals surface area contributed by atoms with E-state index < -0.39 is 15.3 Å². The minimum atomic E-state index is -3.60. The van der Waals surface area contributed by atoms with Gasteiger partial charge in [-0.3, -0.25) is 9.71 Å². The number of aromatic nitrogens is 1. The molecule has 1 aromatic rings. The van der Waals surface area contributed by atoms with Gasteiger partial charge in [0.25, 0.3) is 0 Å². The highest BCUT2D eigenvalue weighted by Crippen LogP contribution is 2.09. The Bertz CT molecular complexity index is 435. The molecule has 74 valence electrons. The van der Waals surface area contributed by atoms with Crippen LogP contribution in [0.2, 0.25) is 0 Å². The van der Waals surface area contributed by atoms with Gasteiger partial charge in [-0.2, -0.15) is 5.26 Å². The predicted octanol–water partition coefficient (Wildman–Crippen LogP) is 0.735. The Labute approximate surface area is 82.4 Å². The van der Waals surface area contributed by atoms with Crippen molar-refractivity contribution in [2.45, 2.75) is 12.2 Å². The summed E-state index contributed by atoms with van der Waals surface area (Å²) in [6.07, 6.45) is 2.93. The molecule has 0 spiro atoms. The van der Waals surface area contributed by atoms with Crippen molar-refractivity contribution < 1.29 is 8.42 Å². The van der Waals surface area contributed by atoms with Crippen molar-refractivity contribution in [2.24, 2.45) is 0 Å². The summed E-state index contributed by atoms with van der Waals surface area (Å²) in [5, 5.41) is 7.39. The summed E-state index contributed by atoms with van der Waals surface area (Å²) < 4.78 is 25.0. The predicted molar refractivity (Wildman–Crippen MR) is 51.9 cm³/mol. The van der Waals surface area contributed by atoms with Gasteiger partial charge in [-0.25, -0.2) is 8.42 Å². The monoisotopic (exact) mass is 211 g/mol. The SMILES string of the molecule is CC(C#N)S(=O)(=O)Nc1ccncc1. The number of nitriles is 1. The van der Waals surface area contributed by atoms with Crippen molar-refractivity contribution in [2.75, 3.05) is 4.72 Å². The zero-order valence-corrected chi connectivity index (χ0v) is 8.32. The molecule has 5 nitrogen and oxygen atoms in total. The second-order valence-corrected chi connectivity index (χ2v) is 4.66. The molecular weight excluding hydrogens is 202 g/mol. The highest BCUT2D eigenvalue weighted by Gasteiger charge is 2.19. The minimum absolute atomic E-state index is 0.405. The van der Waals surface area contributed by atoms with Gasteiger partial charge in [0.05, 0.1) is 11.8 Å². The van der Waals surface area contributed by atoms with Gasteiger partial charge in [0.2, 0.25) is 10.0 Å². The third kappa shape index (κ3) is 2.44. The number of sulfonamides is 1. The Morgan fingerprint density at radius 1 is 1.50 bits per heavy atom. The van der Waals surface area contributed by atoms with Gasteiger partial charge in [0.1, 0.15) is 0 Å². The molecule has 0 aliphatic carbocycles. The lowest BCUT2D eigenvalue weighted by molar-refractivity contribution is 0.597. The van der Waals surface area contributed by atoms with Crippen LogP contribution < -0.4 is 4.72 Å². The average molecular weight is 211 g/mol. The molecule has 0 radical (unpaired) electrons. The number of hydrogen-bond donors (Lipinski definition) is 1. The zero-order valence-electron chi connectivity index (χ0n) is 7.51. The topological polar surface area (TPSA) is 82.8 Å². The number of rotatable bonds is 3. The first-order valence-electron chi connectivity index (χ1n) is 3.87. The number of pyridine rings is 1. The molecule has 14 heavy (non-hydrogen) atoms. The van der Waals surface area contributed by atoms with Crippen LogP contribution in [-0.4, -0.2) is 18.7 Å². The first-order valence-corrected chi connectivity index (χ1v) is 5.42. The van der Waals surface area contributed by atoms with Crippen LogP contribution >= 0.6 is 0 Å². The Balaban J connectivity index is 2.86. The van der Waals surface area contributed by atoms with E-state index in [0.29, 0.717) is 5.69 Å². The summed E-state index contributed by atoms with van der Waals surface area (Å²) in [5.74, 6) is 0. The van der Waals surface area contributed by atoms with Crippen molar-refractivity contribution in [3.8, 4) is 6.07 Å². The highest BCUT2D eigenvalue weighted by molar-refractivity contribution is 7.93. The Hall–Kier alpha value is -1.61. The number of hydrogen-bond acceptors (Lipinski definition) is 4. The fourth-order valence-electron chi connectivity index (χ4n) is 0.742. The molecule has 1 heterocycles. The van der Waals surface area contributed by atoms with E-state index in [2.05, 4.69) is 9.71 Å². The standard InChI is InChI=1S/C8H9N3O2S/c1-7(6-9)14(12,13)11-8-2-4-10-5-3-8/h2-5,7H,1H3,(H,10,11). The number of anilines is 1. The lowest BCUT2D eigenvalue weighted by Crippen LogP contribution is -2.23. The summed E-state index contributed by atoms with van der Waals surface area (Å²) in [6, 6.07) is 4.69. The van der Waals surface area contributed by atoms with Gasteiger partial charge in [-0.05, 0) is 19.1 Å². The Morgan fingerprint density at radius 2 is 2.07 bits per heavy atom. The Kier molecular flexibility index (Phi) is 3.04. The largest absolute Gasteiger partial charge is 0.282 e. The van der Waals surface area contributed by atoms with Crippen molar-refractivity contribution in [1.82, 2.24) is 4.98 Å². The van der Waals surface area contributed by atoms with Crippen LogP contribution in [0.4, 0.5) is 5.69 Å². The van der Waals surface area contributed by atoms with Crippen molar-refractivity contribution >= 4 is 15.7 Å². The molecule has 1 aromatic heterocycles. The van der Waals surface area contributed by atoms with Crippen LogP contribution in [0.15, 0.2) is 24.5 Å². The summed E-state index contributed by atoms with van der Waals surface area (Å²) in [4.78, 5) is 3.74. The normalized spacial score (nSPS) is 12.9. The minimum Gasteiger partial charge on any atom is -0.282 e. The smallest absolute Gasteiger partial charge is 0.248 e. The van der Waals surface area contributed by atoms with Gasteiger partial charge in [0.15, 0.2) is 5.25 Å². The summed E-state index contributed by atoms with van der Waals surface area (Å²) in [7, 11) is -3.60. The molecule has 0 aliphatic rings. The lowest BCUT2D eigenvalue weighted by atomic mass is 10.4. The first kappa shape index (κ1) is 10.5. The molecule has 0 aromatic carbocycles. The average Bonchev–Trinajstić information content (AvgIpc) is 2.17. The van der Waals surface area contributed by atoms with Crippen LogP contribution in [0, 0.1) is 11.3 Å². The van der Waals surface area contributed by atoms with Crippen LogP contribution in [0.1, 0.15) is 6.92 Å². The molecule has 0 saturated heterocycles.